The van der Waals surface area contributed by atoms with E-state index in [-0.39, 0.29) is 5.91 Å². The van der Waals surface area contributed by atoms with Crippen LogP contribution in [0.5, 0.6) is 0 Å². The van der Waals surface area contributed by atoms with E-state index in [2.05, 4.69) is 39.2 Å². The Kier molecular flexibility index (Phi) is 6.10. The van der Waals surface area contributed by atoms with Crippen LogP contribution in [0.4, 0.5) is 17.1 Å². The molecule has 0 saturated carbocycles. The molecule has 0 bridgehead atoms. The molecule has 1 fully saturated rings. The molecule has 0 radical (unpaired) electrons. The van der Waals surface area contributed by atoms with Crippen molar-refractivity contribution in [3.63, 3.8) is 0 Å². The van der Waals surface area contributed by atoms with Crippen LogP contribution in [0.2, 0.25) is 0 Å². The van der Waals surface area contributed by atoms with Gasteiger partial charge in [-0.3, -0.25) is 4.79 Å². The summed E-state index contributed by atoms with van der Waals surface area (Å²) in [4.78, 5) is 21.3. The van der Waals surface area contributed by atoms with Gasteiger partial charge in [0.05, 0.1) is 11.9 Å². The molecule has 3 rings (SSSR count). The van der Waals surface area contributed by atoms with E-state index in [1.165, 1.54) is 18.5 Å². The van der Waals surface area contributed by atoms with E-state index < -0.39 is 0 Å². The van der Waals surface area contributed by atoms with Gasteiger partial charge in [-0.25, -0.2) is 4.98 Å². The standard InChI is InChI=1S/C21H28N4O/c1-3-4-13-24(2)19-11-12-20(22-16-19)21(26)23-17-7-9-18(10-8-17)25-14-5-6-15-25/h7-12,16H,3-6,13-15H2,1-2H3,(H,23,26). The minimum atomic E-state index is -0.179. The van der Waals surface area contributed by atoms with Gasteiger partial charge in [-0.05, 0) is 55.7 Å². The third kappa shape index (κ3) is 4.54. The number of carbonyl (C=O) groups excluding carboxylic acids is 1. The fraction of sp³-hybridized carbons (Fsp3) is 0.429. The maximum Gasteiger partial charge on any atom is 0.274 e. The summed E-state index contributed by atoms with van der Waals surface area (Å²) in [7, 11) is 2.05. The van der Waals surface area contributed by atoms with Crippen molar-refractivity contribution in [3.8, 4) is 0 Å². The zero-order valence-electron chi connectivity index (χ0n) is 15.7. The van der Waals surface area contributed by atoms with Gasteiger partial charge in [0.2, 0.25) is 0 Å². The minimum absolute atomic E-state index is 0.179. The first-order chi connectivity index (χ1) is 12.7. The molecule has 138 valence electrons. The van der Waals surface area contributed by atoms with Crippen LogP contribution >= 0.6 is 0 Å². The number of unbranched alkanes of at least 4 members (excludes halogenated alkanes) is 1. The Morgan fingerprint density at radius 3 is 2.50 bits per heavy atom. The summed E-state index contributed by atoms with van der Waals surface area (Å²) in [5.74, 6) is -0.179. The quantitative estimate of drug-likeness (QED) is 0.812. The molecule has 5 nitrogen and oxygen atoms in total. The van der Waals surface area contributed by atoms with Crippen LogP contribution in [0.1, 0.15) is 43.1 Å². The summed E-state index contributed by atoms with van der Waals surface area (Å²) in [5.41, 5.74) is 3.48. The predicted octanol–water partition coefficient (Wildman–Crippen LogP) is 4.17. The number of nitrogens with one attached hydrogen (secondary N) is 1. The highest BCUT2D eigenvalue weighted by Gasteiger charge is 2.13. The van der Waals surface area contributed by atoms with Gasteiger partial charge in [0.15, 0.2) is 0 Å². The summed E-state index contributed by atoms with van der Waals surface area (Å²) in [6, 6.07) is 11.8. The third-order valence-electron chi connectivity index (χ3n) is 4.86. The second-order valence-corrected chi connectivity index (χ2v) is 6.87. The SMILES string of the molecule is CCCCN(C)c1ccc(C(=O)Nc2ccc(N3CCCC3)cc2)nc1. The second kappa shape index (κ2) is 8.70. The number of benzene rings is 1. The number of nitrogens with zero attached hydrogens (tertiary/aromatic N) is 3. The normalized spacial score (nSPS) is 13.7. The molecule has 1 amide bonds. The fourth-order valence-electron chi connectivity index (χ4n) is 3.20. The highest BCUT2D eigenvalue weighted by atomic mass is 16.1. The molecule has 26 heavy (non-hydrogen) atoms. The topological polar surface area (TPSA) is 48.5 Å². The second-order valence-electron chi connectivity index (χ2n) is 6.87. The average molecular weight is 352 g/mol. The lowest BCUT2D eigenvalue weighted by Gasteiger charge is -2.18. The fourth-order valence-corrected chi connectivity index (χ4v) is 3.20. The largest absolute Gasteiger partial charge is 0.373 e. The Morgan fingerprint density at radius 1 is 1.15 bits per heavy atom. The van der Waals surface area contributed by atoms with Gasteiger partial charge in [-0.2, -0.15) is 0 Å². The Hall–Kier alpha value is -2.56. The molecule has 1 aromatic heterocycles. The van der Waals surface area contributed by atoms with E-state index in [4.69, 9.17) is 0 Å². The lowest BCUT2D eigenvalue weighted by atomic mass is 10.2. The van der Waals surface area contributed by atoms with E-state index in [0.29, 0.717) is 5.69 Å². The minimum Gasteiger partial charge on any atom is -0.373 e. The Bertz CT molecular complexity index is 706. The van der Waals surface area contributed by atoms with Crippen molar-refractivity contribution >= 4 is 23.0 Å². The first-order valence-corrected chi connectivity index (χ1v) is 9.51. The summed E-state index contributed by atoms with van der Waals surface area (Å²) in [5, 5.41) is 2.93. The number of carbonyl (C=O) groups is 1. The molecule has 0 unspecified atom stereocenters. The molecule has 1 aliphatic heterocycles. The average Bonchev–Trinajstić information content (AvgIpc) is 3.21. The Labute approximate surface area is 156 Å². The van der Waals surface area contributed by atoms with E-state index >= 15 is 0 Å². The summed E-state index contributed by atoms with van der Waals surface area (Å²) < 4.78 is 0. The van der Waals surface area contributed by atoms with Crippen molar-refractivity contribution < 1.29 is 4.79 Å². The maximum atomic E-state index is 12.4. The number of amides is 1. The molecule has 0 atom stereocenters. The summed E-state index contributed by atoms with van der Waals surface area (Å²) in [6.07, 6.45) is 6.59. The van der Waals surface area contributed by atoms with Crippen LogP contribution in [0.3, 0.4) is 0 Å². The smallest absolute Gasteiger partial charge is 0.274 e. The number of rotatable bonds is 7. The van der Waals surface area contributed by atoms with Crippen LogP contribution in [0.25, 0.3) is 0 Å². The lowest BCUT2D eigenvalue weighted by Crippen LogP contribution is -2.19. The maximum absolute atomic E-state index is 12.4. The molecular formula is C21H28N4O. The van der Waals surface area contributed by atoms with E-state index in [1.807, 2.05) is 25.2 Å². The predicted molar refractivity (Wildman–Crippen MR) is 108 cm³/mol. The molecule has 0 spiro atoms. The van der Waals surface area contributed by atoms with Crippen LogP contribution in [0.15, 0.2) is 42.6 Å². The van der Waals surface area contributed by atoms with Crippen molar-refractivity contribution in [3.05, 3.63) is 48.3 Å². The van der Waals surface area contributed by atoms with Crippen molar-refractivity contribution in [2.45, 2.75) is 32.6 Å². The number of pyridine rings is 1. The van der Waals surface area contributed by atoms with Gasteiger partial charge in [0, 0.05) is 38.1 Å². The lowest BCUT2D eigenvalue weighted by molar-refractivity contribution is 0.102. The van der Waals surface area contributed by atoms with Crippen LogP contribution in [-0.2, 0) is 0 Å². The Balaban J connectivity index is 1.59. The zero-order chi connectivity index (χ0) is 18.4. The summed E-state index contributed by atoms with van der Waals surface area (Å²) >= 11 is 0. The van der Waals surface area contributed by atoms with Crippen LogP contribution in [0, 0.1) is 0 Å². The van der Waals surface area contributed by atoms with E-state index in [1.54, 1.807) is 12.3 Å². The number of anilines is 3. The highest BCUT2D eigenvalue weighted by Crippen LogP contribution is 2.22. The number of aromatic nitrogens is 1. The molecule has 0 aliphatic carbocycles. The van der Waals surface area contributed by atoms with Gasteiger partial charge >= 0.3 is 0 Å². The van der Waals surface area contributed by atoms with Crippen LogP contribution < -0.4 is 15.1 Å². The molecule has 2 heterocycles. The zero-order valence-corrected chi connectivity index (χ0v) is 15.7. The number of hydrogen-bond acceptors (Lipinski definition) is 4. The van der Waals surface area contributed by atoms with Crippen LogP contribution in [-0.4, -0.2) is 37.6 Å². The summed E-state index contributed by atoms with van der Waals surface area (Å²) in [6.45, 7) is 5.41. The van der Waals surface area contributed by atoms with Gasteiger partial charge in [-0.1, -0.05) is 13.3 Å². The molecule has 5 heteroatoms. The first-order valence-electron chi connectivity index (χ1n) is 9.51. The third-order valence-corrected chi connectivity index (χ3v) is 4.86. The van der Waals surface area contributed by atoms with Gasteiger partial charge in [0.1, 0.15) is 5.69 Å². The van der Waals surface area contributed by atoms with Crippen molar-refractivity contribution in [2.75, 3.05) is 41.8 Å². The number of hydrogen-bond donors (Lipinski definition) is 1. The molecule has 1 saturated heterocycles. The van der Waals surface area contributed by atoms with Gasteiger partial charge in [0.25, 0.3) is 5.91 Å². The van der Waals surface area contributed by atoms with Gasteiger partial charge in [-0.15, -0.1) is 0 Å². The van der Waals surface area contributed by atoms with Gasteiger partial charge < -0.3 is 15.1 Å². The molecule has 1 N–H and O–H groups in total. The van der Waals surface area contributed by atoms with E-state index in [0.717, 1.165) is 43.9 Å². The molecular weight excluding hydrogens is 324 g/mol. The van der Waals surface area contributed by atoms with E-state index in [9.17, 15) is 4.79 Å². The molecule has 1 aliphatic rings. The highest BCUT2D eigenvalue weighted by molar-refractivity contribution is 6.03. The first kappa shape index (κ1) is 18.2. The van der Waals surface area contributed by atoms with Crippen molar-refractivity contribution in [1.82, 2.24) is 4.98 Å². The molecule has 1 aromatic carbocycles. The monoisotopic (exact) mass is 352 g/mol. The van der Waals surface area contributed by atoms with Crippen molar-refractivity contribution in [2.24, 2.45) is 0 Å². The van der Waals surface area contributed by atoms with Crippen molar-refractivity contribution in [1.29, 1.82) is 0 Å². The Morgan fingerprint density at radius 2 is 1.88 bits per heavy atom. The molecule has 2 aromatic rings.